The Labute approximate surface area is 131 Å². The normalized spacial score (nSPS) is 10.4. The molecule has 0 aliphatic carbocycles. The number of benzene rings is 1. The van der Waals surface area contributed by atoms with Crippen LogP contribution in [0, 0.1) is 0 Å². The Morgan fingerprint density at radius 1 is 1.52 bits per heavy atom. The molecule has 0 atom stereocenters. The summed E-state index contributed by atoms with van der Waals surface area (Å²) in [5, 5.41) is 11.7. The van der Waals surface area contributed by atoms with E-state index in [2.05, 4.69) is 15.5 Å². The zero-order valence-electron chi connectivity index (χ0n) is 11.7. The van der Waals surface area contributed by atoms with Crippen LogP contribution in [0.3, 0.4) is 0 Å². The van der Waals surface area contributed by atoms with Crippen molar-refractivity contribution in [2.24, 2.45) is 0 Å². The summed E-state index contributed by atoms with van der Waals surface area (Å²) in [5.41, 5.74) is 0.628. The lowest BCUT2D eigenvalue weighted by Crippen LogP contribution is -2.14. The van der Waals surface area contributed by atoms with Crippen molar-refractivity contribution in [3.8, 4) is 5.75 Å². The van der Waals surface area contributed by atoms with Gasteiger partial charge in [-0.1, -0.05) is 23.4 Å². The molecule has 0 fully saturated rings. The third-order valence-corrected chi connectivity index (χ3v) is 3.96. The number of nitrogens with one attached hydrogen (secondary N) is 1. The number of halogens is 1. The Morgan fingerprint density at radius 2 is 2.33 bits per heavy atom. The van der Waals surface area contributed by atoms with Crippen LogP contribution in [0.1, 0.15) is 6.92 Å². The molecular formula is C13H15ClN4O2S. The van der Waals surface area contributed by atoms with Crippen LogP contribution in [-0.2, 0) is 11.3 Å². The van der Waals surface area contributed by atoms with Crippen LogP contribution in [0.2, 0.25) is 5.02 Å². The fourth-order valence-corrected chi connectivity index (χ4v) is 2.68. The first-order chi connectivity index (χ1) is 10.1. The fourth-order valence-electron chi connectivity index (χ4n) is 1.64. The number of amides is 1. The molecule has 6 nitrogen and oxygen atoms in total. The average molecular weight is 327 g/mol. The van der Waals surface area contributed by atoms with Crippen molar-refractivity contribution >= 4 is 35.0 Å². The Morgan fingerprint density at radius 3 is 3.00 bits per heavy atom. The molecule has 0 radical (unpaired) electrons. The van der Waals surface area contributed by atoms with Gasteiger partial charge in [-0.2, -0.15) is 0 Å². The zero-order chi connectivity index (χ0) is 15.2. The van der Waals surface area contributed by atoms with Gasteiger partial charge in [0.25, 0.3) is 0 Å². The minimum Gasteiger partial charge on any atom is -0.495 e. The van der Waals surface area contributed by atoms with Crippen molar-refractivity contribution in [2.45, 2.75) is 18.6 Å². The summed E-state index contributed by atoms with van der Waals surface area (Å²) in [5.74, 6) is 0.689. The number of aromatic nitrogens is 3. The number of thioether (sulfide) groups is 1. The number of carbonyl (C=O) groups is 1. The molecule has 0 unspecified atom stereocenters. The molecule has 0 saturated carbocycles. The standard InChI is InChI=1S/C13H15ClN4O2S/c1-3-18-8-15-17-13(18)21-7-12(19)16-9-4-5-11(20-2)10(14)6-9/h4-6,8H,3,7H2,1-2H3,(H,16,19). The number of hydrogen-bond donors (Lipinski definition) is 1. The number of nitrogens with zero attached hydrogens (tertiary/aromatic N) is 3. The van der Waals surface area contributed by atoms with E-state index < -0.39 is 0 Å². The number of rotatable bonds is 6. The lowest BCUT2D eigenvalue weighted by Gasteiger charge is -2.08. The number of ether oxygens (including phenoxy) is 1. The Bertz CT molecular complexity index is 632. The molecule has 1 N–H and O–H groups in total. The van der Waals surface area contributed by atoms with Crippen LogP contribution < -0.4 is 10.1 Å². The van der Waals surface area contributed by atoms with Crippen molar-refractivity contribution in [3.63, 3.8) is 0 Å². The molecule has 1 aromatic carbocycles. The van der Waals surface area contributed by atoms with Gasteiger partial charge in [-0.05, 0) is 25.1 Å². The Hall–Kier alpha value is -1.73. The predicted octanol–water partition coefficient (Wildman–Crippen LogP) is 2.69. The van der Waals surface area contributed by atoms with E-state index in [1.165, 1.54) is 11.8 Å². The van der Waals surface area contributed by atoms with Crippen molar-refractivity contribution in [1.82, 2.24) is 14.8 Å². The molecule has 21 heavy (non-hydrogen) atoms. The van der Waals surface area contributed by atoms with Crippen LogP contribution in [0.15, 0.2) is 29.7 Å². The molecule has 1 amide bonds. The smallest absolute Gasteiger partial charge is 0.234 e. The zero-order valence-corrected chi connectivity index (χ0v) is 13.2. The summed E-state index contributed by atoms with van der Waals surface area (Å²) in [6.07, 6.45) is 1.64. The SMILES string of the molecule is CCn1cnnc1SCC(=O)Nc1ccc(OC)c(Cl)c1. The molecule has 2 aromatic rings. The largest absolute Gasteiger partial charge is 0.495 e. The van der Waals surface area contributed by atoms with Crippen LogP contribution in [0.5, 0.6) is 5.75 Å². The summed E-state index contributed by atoms with van der Waals surface area (Å²) in [7, 11) is 1.54. The summed E-state index contributed by atoms with van der Waals surface area (Å²) in [4.78, 5) is 11.9. The van der Waals surface area contributed by atoms with Gasteiger partial charge in [-0.25, -0.2) is 0 Å². The maximum Gasteiger partial charge on any atom is 0.234 e. The summed E-state index contributed by atoms with van der Waals surface area (Å²) < 4.78 is 6.94. The van der Waals surface area contributed by atoms with Gasteiger partial charge in [0, 0.05) is 12.2 Å². The van der Waals surface area contributed by atoms with Crippen LogP contribution in [0.25, 0.3) is 0 Å². The Balaban J connectivity index is 1.91. The quantitative estimate of drug-likeness (QED) is 0.826. The topological polar surface area (TPSA) is 69.0 Å². The molecule has 112 valence electrons. The van der Waals surface area contributed by atoms with Gasteiger partial charge in [-0.15, -0.1) is 10.2 Å². The molecule has 1 aromatic heterocycles. The molecule has 0 saturated heterocycles. The van der Waals surface area contributed by atoms with Gasteiger partial charge >= 0.3 is 0 Å². The fraction of sp³-hybridized carbons (Fsp3) is 0.308. The van der Waals surface area contributed by atoms with Crippen molar-refractivity contribution in [3.05, 3.63) is 29.5 Å². The predicted molar refractivity (Wildman–Crippen MR) is 83.1 cm³/mol. The second-order valence-electron chi connectivity index (χ2n) is 4.09. The van der Waals surface area contributed by atoms with Crippen molar-refractivity contribution in [1.29, 1.82) is 0 Å². The number of aryl methyl sites for hydroxylation is 1. The molecular weight excluding hydrogens is 312 g/mol. The van der Waals surface area contributed by atoms with Crippen molar-refractivity contribution in [2.75, 3.05) is 18.2 Å². The molecule has 2 rings (SSSR count). The van der Waals surface area contributed by atoms with Gasteiger partial charge in [0.15, 0.2) is 5.16 Å². The van der Waals surface area contributed by atoms with E-state index in [0.29, 0.717) is 16.5 Å². The Kier molecular flexibility index (Phi) is 5.46. The van der Waals surface area contributed by atoms with E-state index in [1.807, 2.05) is 11.5 Å². The number of anilines is 1. The monoisotopic (exact) mass is 326 g/mol. The minimum atomic E-state index is -0.133. The third kappa shape index (κ3) is 4.12. The van der Waals surface area contributed by atoms with Gasteiger partial charge in [0.1, 0.15) is 12.1 Å². The first kappa shape index (κ1) is 15.7. The van der Waals surface area contributed by atoms with Gasteiger partial charge in [0.05, 0.1) is 17.9 Å². The van der Waals surface area contributed by atoms with E-state index in [9.17, 15) is 4.79 Å². The summed E-state index contributed by atoms with van der Waals surface area (Å²) in [6, 6.07) is 5.10. The van der Waals surface area contributed by atoms with Gasteiger partial charge < -0.3 is 14.6 Å². The van der Waals surface area contributed by atoms with E-state index >= 15 is 0 Å². The number of hydrogen-bond acceptors (Lipinski definition) is 5. The molecule has 0 aliphatic rings. The van der Waals surface area contributed by atoms with Crippen molar-refractivity contribution < 1.29 is 9.53 Å². The van der Waals surface area contributed by atoms with E-state index in [-0.39, 0.29) is 11.7 Å². The van der Waals surface area contributed by atoms with Crippen LogP contribution in [-0.4, -0.2) is 33.5 Å². The molecule has 1 heterocycles. The highest BCUT2D eigenvalue weighted by molar-refractivity contribution is 7.99. The molecule has 8 heteroatoms. The van der Waals surface area contributed by atoms with E-state index in [0.717, 1.165) is 11.7 Å². The highest BCUT2D eigenvalue weighted by Crippen LogP contribution is 2.27. The first-order valence-electron chi connectivity index (χ1n) is 6.28. The number of methoxy groups -OCH3 is 1. The number of carbonyl (C=O) groups excluding carboxylic acids is 1. The summed E-state index contributed by atoms with van der Waals surface area (Å²) >= 11 is 7.34. The van der Waals surface area contributed by atoms with E-state index in [1.54, 1.807) is 31.6 Å². The van der Waals surface area contributed by atoms with E-state index in [4.69, 9.17) is 16.3 Å². The van der Waals surface area contributed by atoms with Crippen LogP contribution >= 0.6 is 23.4 Å². The van der Waals surface area contributed by atoms with Gasteiger partial charge in [0.2, 0.25) is 5.91 Å². The minimum absolute atomic E-state index is 0.133. The molecule has 0 spiro atoms. The second kappa shape index (κ2) is 7.33. The third-order valence-electron chi connectivity index (χ3n) is 2.69. The summed E-state index contributed by atoms with van der Waals surface area (Å²) in [6.45, 7) is 2.76. The lowest BCUT2D eigenvalue weighted by atomic mass is 10.3. The maximum atomic E-state index is 11.9. The highest BCUT2D eigenvalue weighted by atomic mass is 35.5. The molecule has 0 bridgehead atoms. The van der Waals surface area contributed by atoms with Crippen LogP contribution in [0.4, 0.5) is 5.69 Å². The highest BCUT2D eigenvalue weighted by Gasteiger charge is 2.09. The second-order valence-corrected chi connectivity index (χ2v) is 5.44. The maximum absolute atomic E-state index is 11.9. The molecule has 0 aliphatic heterocycles. The lowest BCUT2D eigenvalue weighted by molar-refractivity contribution is -0.113. The van der Waals surface area contributed by atoms with Gasteiger partial charge in [-0.3, -0.25) is 4.79 Å². The average Bonchev–Trinajstić information content (AvgIpc) is 2.93. The first-order valence-corrected chi connectivity index (χ1v) is 7.64.